The molecule has 0 amide bonds. The zero-order valence-electron chi connectivity index (χ0n) is 13.8. The van der Waals surface area contributed by atoms with Gasteiger partial charge in [-0.05, 0) is 36.8 Å². The molecule has 0 aliphatic heterocycles. The summed E-state index contributed by atoms with van der Waals surface area (Å²) < 4.78 is 127. The largest absolute Gasteiger partial charge is 0.534 e. The third kappa shape index (κ3) is 3.97. The number of fused-ring (bicyclic) bond motifs is 1. The smallest absolute Gasteiger partial charge is 0.376 e. The van der Waals surface area contributed by atoms with Crippen LogP contribution in [0.4, 0.5) is 26.3 Å². The molecule has 28 heavy (non-hydrogen) atoms. The van der Waals surface area contributed by atoms with Crippen molar-refractivity contribution in [2.24, 2.45) is 0 Å². The number of aryl methyl sites for hydroxylation is 2. The molecule has 0 radical (unpaired) electrons. The molecule has 0 heterocycles. The summed E-state index contributed by atoms with van der Waals surface area (Å²) in [5, 5.41) is 0.230. The third-order valence-corrected chi connectivity index (χ3v) is 5.54. The van der Waals surface area contributed by atoms with Crippen molar-refractivity contribution in [3.8, 4) is 11.5 Å². The van der Waals surface area contributed by atoms with Gasteiger partial charge in [0, 0.05) is 11.1 Å². The summed E-state index contributed by atoms with van der Waals surface area (Å²) in [5.74, 6) is -1.30. The maximum atomic E-state index is 12.5. The summed E-state index contributed by atoms with van der Waals surface area (Å²) in [6.45, 7) is 2.44. The number of hydrogen-bond acceptors (Lipinski definition) is 6. The first-order chi connectivity index (χ1) is 12.5. The molecular weight excluding hydrogens is 442 g/mol. The molecule has 0 fully saturated rings. The van der Waals surface area contributed by atoms with Crippen LogP contribution in [0.3, 0.4) is 0 Å². The molecule has 0 unspecified atom stereocenters. The van der Waals surface area contributed by atoms with Gasteiger partial charge in [-0.2, -0.15) is 43.2 Å². The van der Waals surface area contributed by atoms with Gasteiger partial charge < -0.3 is 8.37 Å². The average molecular weight is 452 g/mol. The van der Waals surface area contributed by atoms with E-state index in [1.807, 2.05) is 0 Å². The van der Waals surface area contributed by atoms with Gasteiger partial charge >= 0.3 is 31.3 Å². The molecule has 0 aliphatic carbocycles. The first-order valence-electron chi connectivity index (χ1n) is 7.02. The van der Waals surface area contributed by atoms with Crippen molar-refractivity contribution in [2.75, 3.05) is 0 Å². The molecule has 0 bridgehead atoms. The van der Waals surface area contributed by atoms with Crippen LogP contribution in [0.5, 0.6) is 11.5 Å². The summed E-state index contributed by atoms with van der Waals surface area (Å²) in [5.41, 5.74) is -11.5. The van der Waals surface area contributed by atoms with Crippen molar-refractivity contribution in [3.05, 3.63) is 35.4 Å². The van der Waals surface area contributed by atoms with Crippen LogP contribution in [0, 0.1) is 13.8 Å². The maximum Gasteiger partial charge on any atom is 0.534 e. The monoisotopic (exact) mass is 452 g/mol. The summed E-state index contributed by atoms with van der Waals surface area (Å²) in [7, 11) is -11.9. The van der Waals surface area contributed by atoms with Crippen molar-refractivity contribution >= 4 is 31.0 Å². The number of hydrogen-bond donors (Lipinski definition) is 0. The Morgan fingerprint density at radius 2 is 0.929 bits per heavy atom. The number of benzene rings is 2. The Labute approximate surface area is 154 Å². The van der Waals surface area contributed by atoms with Crippen molar-refractivity contribution in [2.45, 2.75) is 24.9 Å². The second kappa shape index (κ2) is 6.69. The molecule has 0 saturated heterocycles. The van der Waals surface area contributed by atoms with E-state index in [1.54, 1.807) is 0 Å². The number of rotatable bonds is 4. The Kier molecular flexibility index (Phi) is 5.27. The van der Waals surface area contributed by atoms with E-state index in [-0.39, 0.29) is 21.9 Å². The molecule has 14 heteroatoms. The third-order valence-electron chi connectivity index (χ3n) is 3.61. The second-order valence-corrected chi connectivity index (χ2v) is 8.51. The minimum absolute atomic E-state index is 0.0707. The van der Waals surface area contributed by atoms with Crippen molar-refractivity contribution in [3.63, 3.8) is 0 Å². The van der Waals surface area contributed by atoms with Crippen LogP contribution >= 0.6 is 0 Å². The van der Waals surface area contributed by atoms with Crippen LogP contribution in [0.15, 0.2) is 24.3 Å². The molecule has 6 nitrogen and oxygen atoms in total. The van der Waals surface area contributed by atoms with E-state index in [0.29, 0.717) is 0 Å². The Balaban J connectivity index is 2.54. The molecule has 2 aromatic carbocycles. The normalized spacial score (nSPS) is 13.6. The van der Waals surface area contributed by atoms with Gasteiger partial charge in [-0.15, -0.1) is 0 Å². The minimum atomic E-state index is -5.93. The van der Waals surface area contributed by atoms with Gasteiger partial charge in [-0.1, -0.05) is 12.1 Å². The minimum Gasteiger partial charge on any atom is -0.376 e. The van der Waals surface area contributed by atoms with E-state index < -0.39 is 42.8 Å². The van der Waals surface area contributed by atoms with Crippen molar-refractivity contribution < 1.29 is 51.5 Å². The zero-order valence-corrected chi connectivity index (χ0v) is 15.5. The summed E-state index contributed by atoms with van der Waals surface area (Å²) in [4.78, 5) is 0. The van der Waals surface area contributed by atoms with Crippen LogP contribution < -0.4 is 8.37 Å². The van der Waals surface area contributed by atoms with E-state index in [4.69, 9.17) is 0 Å². The first kappa shape index (κ1) is 22.1. The van der Waals surface area contributed by atoms with Crippen molar-refractivity contribution in [1.29, 1.82) is 0 Å². The highest BCUT2D eigenvalue weighted by Gasteiger charge is 2.49. The molecule has 0 saturated carbocycles. The van der Waals surface area contributed by atoms with Gasteiger partial charge in [0.2, 0.25) is 0 Å². The lowest BCUT2D eigenvalue weighted by Crippen LogP contribution is -2.28. The molecule has 0 atom stereocenters. The van der Waals surface area contributed by atoms with Crippen LogP contribution in [0.25, 0.3) is 10.8 Å². The van der Waals surface area contributed by atoms with Crippen LogP contribution in [0.2, 0.25) is 0 Å². The lowest BCUT2D eigenvalue weighted by atomic mass is 10.0. The van der Waals surface area contributed by atoms with E-state index in [1.165, 1.54) is 13.8 Å². The summed E-state index contributed by atoms with van der Waals surface area (Å²) >= 11 is 0. The van der Waals surface area contributed by atoms with Crippen LogP contribution in [0.1, 0.15) is 11.1 Å². The summed E-state index contributed by atoms with van der Waals surface area (Å²) in [6, 6.07) is 3.84. The molecule has 0 spiro atoms. The van der Waals surface area contributed by atoms with Crippen LogP contribution in [-0.4, -0.2) is 27.9 Å². The quantitative estimate of drug-likeness (QED) is 0.397. The number of halogens is 6. The first-order valence-corrected chi connectivity index (χ1v) is 9.84. The molecular formula is C14H10F6O6S2. The highest BCUT2D eigenvalue weighted by molar-refractivity contribution is 7.88. The fourth-order valence-corrected chi connectivity index (χ4v) is 3.20. The Morgan fingerprint density at radius 1 is 0.643 bits per heavy atom. The van der Waals surface area contributed by atoms with Gasteiger partial charge in [0.15, 0.2) is 0 Å². The van der Waals surface area contributed by atoms with Gasteiger partial charge in [0.1, 0.15) is 11.5 Å². The lowest BCUT2D eigenvalue weighted by Gasteiger charge is -2.16. The standard InChI is InChI=1S/C14H10F6O6S2/c1-7-9-3-6-12(26-28(23,24)14(18,19)20)8(2)10(9)4-5-11(7)25-27(21,22)13(15,16)17/h3-6H,1-2H3. The zero-order chi connectivity index (χ0) is 21.7. The van der Waals surface area contributed by atoms with E-state index in [2.05, 4.69) is 8.37 Å². The average Bonchev–Trinajstić information content (AvgIpc) is 2.50. The predicted octanol–water partition coefficient (Wildman–Crippen LogP) is 3.91. The second-order valence-electron chi connectivity index (χ2n) is 5.44. The Hall–Kier alpha value is -2.22. The van der Waals surface area contributed by atoms with E-state index in [9.17, 15) is 43.2 Å². The maximum absolute atomic E-state index is 12.5. The van der Waals surface area contributed by atoms with Gasteiger partial charge in [0.25, 0.3) is 0 Å². The molecule has 2 aromatic rings. The van der Waals surface area contributed by atoms with Crippen LogP contribution in [-0.2, 0) is 20.2 Å². The molecule has 0 aromatic heterocycles. The highest BCUT2D eigenvalue weighted by Crippen LogP contribution is 2.37. The van der Waals surface area contributed by atoms with E-state index >= 15 is 0 Å². The van der Waals surface area contributed by atoms with E-state index in [0.717, 1.165) is 24.3 Å². The topological polar surface area (TPSA) is 86.7 Å². The van der Waals surface area contributed by atoms with Gasteiger partial charge in [-0.25, -0.2) is 0 Å². The SMILES string of the molecule is Cc1c(OS(=O)(=O)C(F)(F)F)ccc2c(C)c(OS(=O)(=O)C(F)(F)F)ccc12. The highest BCUT2D eigenvalue weighted by atomic mass is 32.2. The summed E-state index contributed by atoms with van der Waals surface area (Å²) in [6.07, 6.45) is 0. The Bertz CT molecular complexity index is 1040. The molecule has 0 aliphatic rings. The predicted molar refractivity (Wildman–Crippen MR) is 84.6 cm³/mol. The fraction of sp³-hybridized carbons (Fsp3) is 0.286. The molecule has 2 rings (SSSR count). The molecule has 0 N–H and O–H groups in total. The van der Waals surface area contributed by atoms with Crippen molar-refractivity contribution in [1.82, 2.24) is 0 Å². The molecule has 156 valence electrons. The van der Waals surface area contributed by atoms with Gasteiger partial charge in [0.05, 0.1) is 0 Å². The number of alkyl halides is 6. The fourth-order valence-electron chi connectivity index (χ4n) is 2.18. The lowest BCUT2D eigenvalue weighted by molar-refractivity contribution is -0.0505. The van der Waals surface area contributed by atoms with Gasteiger partial charge in [-0.3, -0.25) is 0 Å². The Morgan fingerprint density at radius 3 is 1.18 bits per heavy atom.